The van der Waals surface area contributed by atoms with E-state index in [2.05, 4.69) is 10.5 Å². The summed E-state index contributed by atoms with van der Waals surface area (Å²) < 4.78 is 23.9. The third-order valence-electron chi connectivity index (χ3n) is 4.86. The van der Waals surface area contributed by atoms with Gasteiger partial charge in [-0.2, -0.15) is 0 Å². The number of hydrogen-bond acceptors (Lipinski definition) is 5. The number of nitrogens with one attached hydrogen (secondary N) is 1. The average Bonchev–Trinajstić information content (AvgIpc) is 3.22. The fourth-order valence-corrected chi connectivity index (χ4v) is 3.33. The fraction of sp³-hybridized carbons (Fsp3) is 0.391. The van der Waals surface area contributed by atoms with E-state index >= 15 is 0 Å². The highest BCUT2D eigenvalue weighted by Crippen LogP contribution is 2.29. The Labute approximate surface area is 181 Å². The van der Waals surface area contributed by atoms with Gasteiger partial charge in [0.05, 0.1) is 26.5 Å². The van der Waals surface area contributed by atoms with Gasteiger partial charge in [0.25, 0.3) is 0 Å². The highest BCUT2D eigenvalue weighted by atomic mass is 19.1. The van der Waals surface area contributed by atoms with Gasteiger partial charge in [0.15, 0.2) is 17.6 Å². The van der Waals surface area contributed by atoms with Gasteiger partial charge in [0.1, 0.15) is 5.82 Å². The number of carbonyl (C=O) groups excluding carboxylic acids is 1. The van der Waals surface area contributed by atoms with Crippen LogP contribution >= 0.6 is 0 Å². The summed E-state index contributed by atoms with van der Waals surface area (Å²) in [5.74, 6) is 0.938. The molecule has 31 heavy (non-hydrogen) atoms. The molecule has 0 saturated carbocycles. The Kier molecular flexibility index (Phi) is 7.33. The van der Waals surface area contributed by atoms with Crippen molar-refractivity contribution in [2.75, 3.05) is 20.8 Å². The summed E-state index contributed by atoms with van der Waals surface area (Å²) in [7, 11) is 3.17. The number of carbonyl (C=O) groups is 1. The van der Waals surface area contributed by atoms with Gasteiger partial charge in [-0.1, -0.05) is 17.3 Å². The third kappa shape index (κ3) is 5.87. The highest BCUT2D eigenvalue weighted by Gasteiger charge is 2.27. The molecule has 166 valence electrons. The van der Waals surface area contributed by atoms with Gasteiger partial charge in [0, 0.05) is 24.6 Å². The van der Waals surface area contributed by atoms with E-state index in [9.17, 15) is 9.18 Å². The molecule has 1 aliphatic heterocycles. The maximum absolute atomic E-state index is 13.2. The number of nitrogens with zero attached hydrogens (tertiary/aromatic N) is 2. The highest BCUT2D eigenvalue weighted by molar-refractivity contribution is 6.01. The Bertz CT molecular complexity index is 931. The number of ether oxygens (including phenoxy) is 2. The van der Waals surface area contributed by atoms with Crippen molar-refractivity contribution in [3.05, 3.63) is 59.4 Å². The van der Waals surface area contributed by atoms with Gasteiger partial charge in [-0.05, 0) is 49.7 Å². The molecule has 2 amide bonds. The molecule has 0 bridgehead atoms. The van der Waals surface area contributed by atoms with E-state index in [1.807, 2.05) is 32.0 Å². The molecule has 1 heterocycles. The molecule has 2 aromatic rings. The average molecular weight is 429 g/mol. The van der Waals surface area contributed by atoms with Crippen LogP contribution in [0.25, 0.3) is 0 Å². The summed E-state index contributed by atoms with van der Waals surface area (Å²) in [6.45, 7) is 4.48. The first kappa shape index (κ1) is 22.4. The second kappa shape index (κ2) is 10.1. The minimum atomic E-state index is -0.311. The van der Waals surface area contributed by atoms with Crippen LogP contribution in [0.3, 0.4) is 0 Å². The predicted octanol–water partition coefficient (Wildman–Crippen LogP) is 3.96. The van der Waals surface area contributed by atoms with E-state index in [-0.39, 0.29) is 24.0 Å². The summed E-state index contributed by atoms with van der Waals surface area (Å²) in [6, 6.07) is 11.5. The fourth-order valence-electron chi connectivity index (χ4n) is 3.33. The number of rotatable bonds is 8. The number of hydrogen-bond donors (Lipinski definition) is 1. The molecule has 7 nitrogen and oxygen atoms in total. The van der Waals surface area contributed by atoms with Crippen LogP contribution in [-0.2, 0) is 11.4 Å². The van der Waals surface area contributed by atoms with Crippen LogP contribution < -0.4 is 14.8 Å². The van der Waals surface area contributed by atoms with Crippen LogP contribution in [0.1, 0.15) is 31.4 Å². The van der Waals surface area contributed by atoms with Crippen LogP contribution in [-0.4, -0.2) is 49.6 Å². The number of benzene rings is 2. The first-order valence-electron chi connectivity index (χ1n) is 10.1. The predicted molar refractivity (Wildman–Crippen MR) is 116 cm³/mol. The zero-order valence-electron chi connectivity index (χ0n) is 18.2. The topological polar surface area (TPSA) is 72.4 Å². The summed E-state index contributed by atoms with van der Waals surface area (Å²) in [5, 5.41) is 7.13. The number of methoxy groups -OCH3 is 2. The minimum Gasteiger partial charge on any atom is -0.493 e. The van der Waals surface area contributed by atoms with E-state index in [1.165, 1.54) is 12.1 Å². The number of oxime groups is 1. The van der Waals surface area contributed by atoms with Crippen molar-refractivity contribution in [2.24, 2.45) is 5.16 Å². The molecule has 0 unspecified atom stereocenters. The first-order valence-corrected chi connectivity index (χ1v) is 10.1. The zero-order valence-corrected chi connectivity index (χ0v) is 18.2. The molecule has 0 fully saturated rings. The largest absolute Gasteiger partial charge is 0.493 e. The van der Waals surface area contributed by atoms with Gasteiger partial charge in [0.2, 0.25) is 0 Å². The van der Waals surface area contributed by atoms with Crippen LogP contribution in [0.2, 0.25) is 0 Å². The summed E-state index contributed by atoms with van der Waals surface area (Å²) in [5.41, 5.74) is 2.48. The van der Waals surface area contributed by atoms with Crippen molar-refractivity contribution < 1.29 is 23.5 Å². The molecule has 2 aromatic carbocycles. The smallest absolute Gasteiger partial charge is 0.318 e. The lowest BCUT2D eigenvalue weighted by Gasteiger charge is -2.26. The lowest BCUT2D eigenvalue weighted by Crippen LogP contribution is -2.45. The molecular formula is C23H28FN3O4. The van der Waals surface area contributed by atoms with Gasteiger partial charge in [-0.3, -0.25) is 0 Å². The van der Waals surface area contributed by atoms with E-state index in [0.717, 1.165) is 16.8 Å². The standard InChI is InChI=1S/C23H28FN3O4/c1-15(2)25-23(28)27(13-16-5-8-18(24)9-6-16)14-19-12-20(26-31-19)17-7-10-21(29-3)22(11-17)30-4/h5-11,15,19H,12-14H2,1-4H3,(H,25,28)/t19-/m0/s1. The SMILES string of the molecule is COc1ccc(C2=NO[C@H](CN(Cc3ccc(F)cc3)C(=O)NC(C)C)C2)cc1OC. The monoisotopic (exact) mass is 429 g/mol. The van der Waals surface area contributed by atoms with Crippen LogP contribution in [0.5, 0.6) is 11.5 Å². The lowest BCUT2D eigenvalue weighted by atomic mass is 10.0. The Balaban J connectivity index is 1.69. The minimum absolute atomic E-state index is 0.00807. The molecule has 1 atom stereocenters. The van der Waals surface area contributed by atoms with Crippen molar-refractivity contribution in [1.82, 2.24) is 10.2 Å². The Morgan fingerprint density at radius 2 is 1.90 bits per heavy atom. The zero-order chi connectivity index (χ0) is 22.4. The lowest BCUT2D eigenvalue weighted by molar-refractivity contribution is 0.0586. The number of urea groups is 1. The van der Waals surface area contributed by atoms with Gasteiger partial charge < -0.3 is 24.5 Å². The summed E-state index contributed by atoms with van der Waals surface area (Å²) in [6.07, 6.45) is 0.256. The molecule has 1 N–H and O–H groups in total. The van der Waals surface area contributed by atoms with Crippen LogP contribution in [0, 0.1) is 5.82 Å². The Hall–Kier alpha value is -3.29. The second-order valence-corrected chi connectivity index (χ2v) is 7.65. The van der Waals surface area contributed by atoms with Crippen molar-refractivity contribution in [1.29, 1.82) is 0 Å². The number of halogens is 1. The molecule has 0 saturated heterocycles. The second-order valence-electron chi connectivity index (χ2n) is 7.65. The van der Waals surface area contributed by atoms with Crippen molar-refractivity contribution in [3.8, 4) is 11.5 Å². The van der Waals surface area contributed by atoms with Crippen molar-refractivity contribution in [3.63, 3.8) is 0 Å². The van der Waals surface area contributed by atoms with Gasteiger partial charge in [-0.15, -0.1) is 0 Å². The van der Waals surface area contributed by atoms with Gasteiger partial charge >= 0.3 is 6.03 Å². The van der Waals surface area contributed by atoms with E-state index in [0.29, 0.717) is 31.0 Å². The van der Waals surface area contributed by atoms with E-state index in [1.54, 1.807) is 31.3 Å². The molecule has 8 heteroatoms. The van der Waals surface area contributed by atoms with Crippen LogP contribution in [0.15, 0.2) is 47.6 Å². The first-order chi connectivity index (χ1) is 14.9. The summed E-state index contributed by atoms with van der Waals surface area (Å²) >= 11 is 0. The number of amides is 2. The molecular weight excluding hydrogens is 401 g/mol. The quantitative estimate of drug-likeness (QED) is 0.690. The molecule has 3 rings (SSSR count). The molecule has 0 radical (unpaired) electrons. The van der Waals surface area contributed by atoms with E-state index in [4.69, 9.17) is 14.3 Å². The van der Waals surface area contributed by atoms with E-state index < -0.39 is 0 Å². The Morgan fingerprint density at radius 1 is 1.19 bits per heavy atom. The van der Waals surface area contributed by atoms with Crippen molar-refractivity contribution >= 4 is 11.7 Å². The maximum Gasteiger partial charge on any atom is 0.318 e. The van der Waals surface area contributed by atoms with Gasteiger partial charge in [-0.25, -0.2) is 9.18 Å². The third-order valence-corrected chi connectivity index (χ3v) is 4.86. The normalized spacial score (nSPS) is 15.3. The molecule has 1 aliphatic rings. The summed E-state index contributed by atoms with van der Waals surface area (Å²) in [4.78, 5) is 20.0. The van der Waals surface area contributed by atoms with Crippen molar-refractivity contribution in [2.45, 2.75) is 39.0 Å². The Morgan fingerprint density at radius 3 is 2.55 bits per heavy atom. The molecule has 0 aromatic heterocycles. The van der Waals surface area contributed by atoms with Crippen LogP contribution in [0.4, 0.5) is 9.18 Å². The maximum atomic E-state index is 13.2. The molecule has 0 spiro atoms. The molecule has 0 aliphatic carbocycles.